The maximum Gasteiger partial charge on any atom is 0.288 e. The molecule has 3 aliphatic rings. The summed E-state index contributed by atoms with van der Waals surface area (Å²) in [6.07, 6.45) is 8.65. The molecule has 1 aromatic heterocycles. The summed E-state index contributed by atoms with van der Waals surface area (Å²) >= 11 is 0. The van der Waals surface area contributed by atoms with Crippen molar-refractivity contribution in [3.8, 4) is 0 Å². The summed E-state index contributed by atoms with van der Waals surface area (Å²) < 4.78 is 42.4. The summed E-state index contributed by atoms with van der Waals surface area (Å²) in [6.45, 7) is 3.00. The lowest BCUT2D eigenvalue weighted by Crippen LogP contribution is -2.38. The van der Waals surface area contributed by atoms with Gasteiger partial charge in [-0.3, -0.25) is 4.79 Å². The molecule has 1 saturated heterocycles. The van der Waals surface area contributed by atoms with Gasteiger partial charge in [-0.15, -0.1) is 0 Å². The molecule has 1 amide bonds. The third-order valence-electron chi connectivity index (χ3n) is 6.35. The van der Waals surface area contributed by atoms with Crippen LogP contribution in [0.1, 0.15) is 23.8 Å². The number of benzene rings is 1. The highest BCUT2D eigenvalue weighted by molar-refractivity contribution is 6.08. The Kier molecular flexibility index (Phi) is 6.38. The van der Waals surface area contributed by atoms with Crippen molar-refractivity contribution in [1.29, 1.82) is 0 Å². The quantitative estimate of drug-likeness (QED) is 0.593. The van der Waals surface area contributed by atoms with Crippen LogP contribution in [0.25, 0.3) is 11.1 Å². The van der Waals surface area contributed by atoms with Crippen LogP contribution in [0.2, 0.25) is 0 Å². The fraction of sp³-hybridized carbons (Fsp3) is 0.250. The number of hydrogen-bond donors (Lipinski definition) is 1. The fourth-order valence-electron chi connectivity index (χ4n) is 4.65. The maximum absolute atomic E-state index is 14.2. The molecular weight excluding hydrogens is 465 g/mol. The van der Waals surface area contributed by atoms with Gasteiger partial charge in [0.15, 0.2) is 11.5 Å². The van der Waals surface area contributed by atoms with Crippen LogP contribution in [0.5, 0.6) is 0 Å². The van der Waals surface area contributed by atoms with Crippen molar-refractivity contribution in [1.82, 2.24) is 5.32 Å². The maximum atomic E-state index is 14.2. The number of halogens is 1. The molecule has 5 rings (SSSR count). The van der Waals surface area contributed by atoms with Gasteiger partial charge in [-0.2, -0.15) is 0 Å². The Morgan fingerprint density at radius 3 is 2.47 bits per heavy atom. The molecule has 2 aromatic rings. The number of hydrogen-bond acceptors (Lipinski definition) is 6. The SMILES string of the molecule is COC1=CC(=CC2=C(C)/C(=C\C(=O)NCc3ccco3)c3cc(F)ccc32)C=C(OC)C12OCCO2. The molecule has 1 spiro atoms. The van der Waals surface area contributed by atoms with Crippen LogP contribution in [-0.4, -0.2) is 39.1 Å². The van der Waals surface area contributed by atoms with Crippen molar-refractivity contribution >= 4 is 17.1 Å². The van der Waals surface area contributed by atoms with Crippen molar-refractivity contribution < 1.29 is 32.5 Å². The molecule has 2 aliphatic carbocycles. The van der Waals surface area contributed by atoms with E-state index in [4.69, 9.17) is 23.4 Å². The van der Waals surface area contributed by atoms with Crippen LogP contribution in [0.4, 0.5) is 4.39 Å². The zero-order chi connectivity index (χ0) is 25.3. The first kappa shape index (κ1) is 23.8. The first-order chi connectivity index (χ1) is 17.4. The Bertz CT molecular complexity index is 1310. The smallest absolute Gasteiger partial charge is 0.288 e. The van der Waals surface area contributed by atoms with Gasteiger partial charge in [0.25, 0.3) is 5.79 Å². The first-order valence-electron chi connectivity index (χ1n) is 11.5. The lowest BCUT2D eigenvalue weighted by molar-refractivity contribution is -0.150. The monoisotopic (exact) mass is 491 g/mol. The fourth-order valence-corrected chi connectivity index (χ4v) is 4.65. The number of carbonyl (C=O) groups is 1. The van der Waals surface area contributed by atoms with Crippen molar-refractivity contribution in [3.05, 3.63) is 106 Å². The number of fused-ring (bicyclic) bond motifs is 1. The third-order valence-corrected chi connectivity index (χ3v) is 6.35. The molecule has 0 bridgehead atoms. The molecule has 0 atom stereocenters. The van der Waals surface area contributed by atoms with E-state index in [0.717, 1.165) is 22.3 Å². The van der Waals surface area contributed by atoms with E-state index >= 15 is 0 Å². The van der Waals surface area contributed by atoms with Crippen molar-refractivity contribution in [3.63, 3.8) is 0 Å². The number of furan rings is 1. The van der Waals surface area contributed by atoms with E-state index in [-0.39, 0.29) is 18.3 Å². The highest BCUT2D eigenvalue weighted by atomic mass is 19.1. The van der Waals surface area contributed by atoms with Crippen LogP contribution >= 0.6 is 0 Å². The molecule has 1 aromatic carbocycles. The number of allylic oxidation sites excluding steroid dienone is 7. The van der Waals surface area contributed by atoms with Gasteiger partial charge >= 0.3 is 0 Å². The van der Waals surface area contributed by atoms with E-state index in [1.54, 1.807) is 38.7 Å². The van der Waals surface area contributed by atoms with Crippen LogP contribution in [0.15, 0.2) is 88.0 Å². The van der Waals surface area contributed by atoms with Crippen LogP contribution < -0.4 is 5.32 Å². The van der Waals surface area contributed by atoms with E-state index in [0.29, 0.717) is 41.6 Å². The summed E-state index contributed by atoms with van der Waals surface area (Å²) in [4.78, 5) is 12.7. The largest absolute Gasteiger partial charge is 0.495 e. The lowest BCUT2D eigenvalue weighted by atomic mass is 9.96. The highest BCUT2D eigenvalue weighted by Crippen LogP contribution is 2.45. The summed E-state index contributed by atoms with van der Waals surface area (Å²) in [5, 5.41) is 2.81. The standard InChI is InChI=1S/C28H26FNO6/c1-17-22(11-18-12-25(32-2)28(26(13-18)33-3)35-9-10-36-28)21-7-6-19(29)14-24(21)23(17)15-27(31)30-16-20-5-4-8-34-20/h4-8,11-15H,9-10,16H2,1-3H3,(H,30,31)/b23-15+. The Morgan fingerprint density at radius 2 is 1.83 bits per heavy atom. The zero-order valence-corrected chi connectivity index (χ0v) is 20.2. The number of nitrogens with one attached hydrogen (secondary N) is 1. The predicted molar refractivity (Wildman–Crippen MR) is 130 cm³/mol. The Balaban J connectivity index is 1.53. The molecule has 1 aliphatic heterocycles. The van der Waals surface area contributed by atoms with Gasteiger partial charge in [0, 0.05) is 6.08 Å². The molecule has 8 heteroatoms. The first-order valence-corrected chi connectivity index (χ1v) is 11.5. The normalized spacial score (nSPS) is 19.3. The Labute approximate surface area is 208 Å². The van der Waals surface area contributed by atoms with E-state index in [2.05, 4.69) is 5.32 Å². The van der Waals surface area contributed by atoms with Gasteiger partial charge in [0.1, 0.15) is 11.6 Å². The van der Waals surface area contributed by atoms with Crippen molar-refractivity contribution in [2.24, 2.45) is 0 Å². The van der Waals surface area contributed by atoms with Gasteiger partial charge in [-0.05, 0) is 82.8 Å². The average molecular weight is 492 g/mol. The van der Waals surface area contributed by atoms with E-state index < -0.39 is 5.79 Å². The van der Waals surface area contributed by atoms with E-state index in [1.807, 2.05) is 25.2 Å². The number of amides is 1. The minimum absolute atomic E-state index is 0.256. The van der Waals surface area contributed by atoms with Gasteiger partial charge in [-0.1, -0.05) is 6.07 Å². The van der Waals surface area contributed by atoms with Gasteiger partial charge in [0.2, 0.25) is 5.91 Å². The molecule has 1 fully saturated rings. The van der Waals surface area contributed by atoms with Crippen LogP contribution in [-0.2, 0) is 30.3 Å². The molecule has 0 saturated carbocycles. The Hall–Kier alpha value is -3.88. The summed E-state index contributed by atoms with van der Waals surface area (Å²) in [6, 6.07) is 8.11. The molecule has 1 N–H and O–H groups in total. The molecule has 0 unspecified atom stereocenters. The summed E-state index contributed by atoms with van der Waals surface area (Å²) in [5.41, 5.74) is 4.59. The third kappa shape index (κ3) is 4.19. The van der Waals surface area contributed by atoms with Gasteiger partial charge in [-0.25, -0.2) is 4.39 Å². The number of carbonyl (C=O) groups excluding carboxylic acids is 1. The Morgan fingerprint density at radius 1 is 1.11 bits per heavy atom. The second kappa shape index (κ2) is 9.64. The van der Waals surface area contributed by atoms with Gasteiger partial charge < -0.3 is 28.7 Å². The molecule has 7 nitrogen and oxygen atoms in total. The summed E-state index contributed by atoms with van der Waals surface area (Å²) in [7, 11) is 3.10. The molecular formula is C28H26FNO6. The van der Waals surface area contributed by atoms with E-state index in [1.165, 1.54) is 18.2 Å². The molecule has 186 valence electrons. The highest BCUT2D eigenvalue weighted by Gasteiger charge is 2.49. The molecule has 2 heterocycles. The second-order valence-corrected chi connectivity index (χ2v) is 8.47. The minimum Gasteiger partial charge on any atom is -0.495 e. The topological polar surface area (TPSA) is 79.2 Å². The predicted octanol–water partition coefficient (Wildman–Crippen LogP) is 4.65. The average Bonchev–Trinajstić information content (AvgIpc) is 3.62. The number of ether oxygens (including phenoxy) is 4. The zero-order valence-electron chi connectivity index (χ0n) is 20.2. The number of methoxy groups -OCH3 is 2. The molecule has 36 heavy (non-hydrogen) atoms. The van der Waals surface area contributed by atoms with Crippen molar-refractivity contribution in [2.45, 2.75) is 19.3 Å². The van der Waals surface area contributed by atoms with E-state index in [9.17, 15) is 9.18 Å². The van der Waals surface area contributed by atoms with Crippen LogP contribution in [0.3, 0.4) is 0 Å². The minimum atomic E-state index is -1.20. The second-order valence-electron chi connectivity index (χ2n) is 8.47. The van der Waals surface area contributed by atoms with Crippen LogP contribution in [0, 0.1) is 5.82 Å². The molecule has 0 radical (unpaired) electrons. The van der Waals surface area contributed by atoms with Gasteiger partial charge in [0.05, 0.1) is 40.2 Å². The lowest BCUT2D eigenvalue weighted by Gasteiger charge is -2.32. The summed E-state index contributed by atoms with van der Waals surface area (Å²) in [5.74, 6) is -0.302. The number of rotatable bonds is 6. The van der Waals surface area contributed by atoms with Crippen molar-refractivity contribution in [2.75, 3.05) is 27.4 Å².